The van der Waals surface area contributed by atoms with Crippen molar-refractivity contribution >= 4 is 40.1 Å². The number of carbonyl (C=O) groups is 1. The first-order valence-electron chi connectivity index (χ1n) is 9.56. The molecular formula is C23H19N5O3. The molecule has 0 saturated carbocycles. The molecule has 0 radical (unpaired) electrons. The van der Waals surface area contributed by atoms with Gasteiger partial charge in [0.25, 0.3) is 5.69 Å². The van der Waals surface area contributed by atoms with Gasteiger partial charge in [0.15, 0.2) is 0 Å². The number of anilines is 2. The number of benzene rings is 3. The van der Waals surface area contributed by atoms with Gasteiger partial charge in [-0.3, -0.25) is 20.3 Å². The van der Waals surface area contributed by atoms with Crippen molar-refractivity contribution in [2.24, 2.45) is 5.10 Å². The number of nitro benzene ring substituents is 1. The molecule has 0 aliphatic heterocycles. The molecule has 1 aromatic heterocycles. The lowest BCUT2D eigenvalue weighted by molar-refractivity contribution is -0.384. The van der Waals surface area contributed by atoms with E-state index in [9.17, 15) is 14.9 Å². The van der Waals surface area contributed by atoms with Gasteiger partial charge in [0.05, 0.1) is 16.8 Å². The Bertz CT molecular complexity index is 1250. The number of aromatic nitrogens is 1. The van der Waals surface area contributed by atoms with Crippen molar-refractivity contribution in [2.45, 2.75) is 6.54 Å². The van der Waals surface area contributed by atoms with Gasteiger partial charge in [-0.25, -0.2) is 0 Å². The van der Waals surface area contributed by atoms with Crippen LogP contribution in [0.5, 0.6) is 0 Å². The van der Waals surface area contributed by atoms with E-state index in [0.29, 0.717) is 5.69 Å². The molecule has 2 N–H and O–H groups in total. The van der Waals surface area contributed by atoms with Gasteiger partial charge in [-0.1, -0.05) is 36.4 Å². The molecule has 154 valence electrons. The topological polar surface area (TPSA) is 102 Å². The summed E-state index contributed by atoms with van der Waals surface area (Å²) in [6.07, 6.45) is 3.53. The van der Waals surface area contributed by atoms with Gasteiger partial charge >= 0.3 is 0 Å². The molecule has 8 nitrogen and oxygen atoms in total. The second-order valence-corrected chi connectivity index (χ2v) is 6.82. The number of nitro groups is 1. The summed E-state index contributed by atoms with van der Waals surface area (Å²) in [6.45, 7) is 0.166. The van der Waals surface area contributed by atoms with Gasteiger partial charge in [0.1, 0.15) is 6.54 Å². The van der Waals surface area contributed by atoms with E-state index in [0.717, 1.165) is 22.2 Å². The molecule has 0 unspecified atom stereocenters. The molecule has 0 bridgehead atoms. The van der Waals surface area contributed by atoms with Crippen LogP contribution in [0.15, 0.2) is 90.2 Å². The number of hydrogen-bond donors (Lipinski definition) is 2. The van der Waals surface area contributed by atoms with Crippen molar-refractivity contribution in [1.29, 1.82) is 0 Å². The maximum absolute atomic E-state index is 12.5. The lowest BCUT2D eigenvalue weighted by Gasteiger charge is -2.07. The Morgan fingerprint density at radius 3 is 2.42 bits per heavy atom. The van der Waals surface area contributed by atoms with E-state index >= 15 is 0 Å². The molecule has 1 amide bonds. The summed E-state index contributed by atoms with van der Waals surface area (Å²) in [5, 5.41) is 18.8. The standard InChI is InChI=1S/C23H19N5O3/c29-23(25-18-6-2-1-3-7-18)16-27-15-17(21-8-4-5-9-22(21)27)14-24-26-19-10-12-20(13-11-19)28(30)31/h1-15,26H,16H2,(H,25,29)/b24-14+. The first kappa shape index (κ1) is 19.8. The fraction of sp³-hybridized carbons (Fsp3) is 0.0435. The summed E-state index contributed by atoms with van der Waals surface area (Å²) in [4.78, 5) is 22.8. The van der Waals surface area contributed by atoms with E-state index in [4.69, 9.17) is 0 Å². The third-order valence-corrected chi connectivity index (χ3v) is 4.67. The second kappa shape index (κ2) is 8.91. The summed E-state index contributed by atoms with van der Waals surface area (Å²) in [5.41, 5.74) is 6.03. The van der Waals surface area contributed by atoms with Crippen molar-refractivity contribution in [3.63, 3.8) is 0 Å². The first-order valence-corrected chi connectivity index (χ1v) is 9.56. The van der Waals surface area contributed by atoms with Crippen molar-refractivity contribution in [1.82, 2.24) is 4.57 Å². The molecule has 4 rings (SSSR count). The van der Waals surface area contributed by atoms with Crippen LogP contribution >= 0.6 is 0 Å². The Morgan fingerprint density at radius 1 is 0.968 bits per heavy atom. The number of amides is 1. The lowest BCUT2D eigenvalue weighted by Crippen LogP contribution is -2.18. The summed E-state index contributed by atoms with van der Waals surface area (Å²) >= 11 is 0. The van der Waals surface area contributed by atoms with Gasteiger partial charge < -0.3 is 9.88 Å². The molecule has 0 fully saturated rings. The highest BCUT2D eigenvalue weighted by Gasteiger charge is 2.10. The van der Waals surface area contributed by atoms with E-state index < -0.39 is 4.92 Å². The molecular weight excluding hydrogens is 394 g/mol. The fourth-order valence-corrected chi connectivity index (χ4v) is 3.22. The average molecular weight is 413 g/mol. The minimum Gasteiger partial charge on any atom is -0.337 e. The van der Waals surface area contributed by atoms with Crippen molar-refractivity contribution in [2.75, 3.05) is 10.7 Å². The molecule has 0 spiro atoms. The summed E-state index contributed by atoms with van der Waals surface area (Å²) in [6, 6.07) is 23.1. The van der Waals surface area contributed by atoms with Crippen molar-refractivity contribution in [3.8, 4) is 0 Å². The number of fused-ring (bicyclic) bond motifs is 1. The van der Waals surface area contributed by atoms with E-state index in [1.165, 1.54) is 12.1 Å². The summed E-state index contributed by atoms with van der Waals surface area (Å²) in [5.74, 6) is -0.126. The normalized spacial score (nSPS) is 11.0. The Kier molecular flexibility index (Phi) is 5.70. The van der Waals surface area contributed by atoms with E-state index in [-0.39, 0.29) is 18.1 Å². The van der Waals surface area contributed by atoms with Crippen LogP contribution in [0, 0.1) is 10.1 Å². The molecule has 0 aliphatic carbocycles. The number of non-ortho nitro benzene ring substituents is 1. The van der Waals surface area contributed by atoms with Crippen molar-refractivity contribution in [3.05, 3.63) is 101 Å². The van der Waals surface area contributed by atoms with Gasteiger partial charge in [-0.05, 0) is 30.3 Å². The zero-order chi connectivity index (χ0) is 21.6. The molecule has 0 aliphatic rings. The monoisotopic (exact) mass is 413 g/mol. The number of carbonyl (C=O) groups excluding carboxylic acids is 1. The zero-order valence-corrected chi connectivity index (χ0v) is 16.4. The van der Waals surface area contributed by atoms with E-state index in [2.05, 4.69) is 15.8 Å². The van der Waals surface area contributed by atoms with Crippen LogP contribution in [-0.4, -0.2) is 21.6 Å². The Hall–Kier alpha value is -4.46. The van der Waals surface area contributed by atoms with Crippen LogP contribution in [0.4, 0.5) is 17.1 Å². The first-order chi connectivity index (χ1) is 15.1. The number of hydrogen-bond acceptors (Lipinski definition) is 5. The molecule has 31 heavy (non-hydrogen) atoms. The summed E-state index contributed by atoms with van der Waals surface area (Å²) in [7, 11) is 0. The smallest absolute Gasteiger partial charge is 0.269 e. The van der Waals surface area contributed by atoms with E-state index in [1.54, 1.807) is 18.3 Å². The number of nitrogens with one attached hydrogen (secondary N) is 2. The highest BCUT2D eigenvalue weighted by atomic mass is 16.6. The lowest BCUT2D eigenvalue weighted by atomic mass is 10.2. The van der Waals surface area contributed by atoms with Crippen LogP contribution in [0.1, 0.15) is 5.56 Å². The molecule has 8 heteroatoms. The summed E-state index contributed by atoms with van der Waals surface area (Å²) < 4.78 is 1.88. The minimum absolute atomic E-state index is 0.0198. The van der Waals surface area contributed by atoms with E-state index in [1.807, 2.05) is 65.4 Å². The number of para-hydroxylation sites is 2. The average Bonchev–Trinajstić information content (AvgIpc) is 3.12. The fourth-order valence-electron chi connectivity index (χ4n) is 3.22. The second-order valence-electron chi connectivity index (χ2n) is 6.82. The highest BCUT2D eigenvalue weighted by molar-refractivity contribution is 6.00. The maximum Gasteiger partial charge on any atom is 0.269 e. The number of hydrazone groups is 1. The Morgan fingerprint density at radius 2 is 1.68 bits per heavy atom. The molecule has 0 atom stereocenters. The predicted octanol–water partition coefficient (Wildman–Crippen LogP) is 4.63. The highest BCUT2D eigenvalue weighted by Crippen LogP contribution is 2.21. The van der Waals surface area contributed by atoms with Gasteiger partial charge in [-0.15, -0.1) is 0 Å². The quantitative estimate of drug-likeness (QED) is 0.262. The SMILES string of the molecule is O=C(Cn1cc(/C=N/Nc2ccc([N+](=O)[O-])cc2)c2ccccc21)Nc1ccccc1. The van der Waals surface area contributed by atoms with Crippen LogP contribution in [-0.2, 0) is 11.3 Å². The minimum atomic E-state index is -0.449. The Labute approximate surface area is 178 Å². The molecule has 1 heterocycles. The molecule has 0 saturated heterocycles. The van der Waals surface area contributed by atoms with Crippen molar-refractivity contribution < 1.29 is 9.72 Å². The van der Waals surface area contributed by atoms with Crippen LogP contribution in [0.25, 0.3) is 10.9 Å². The van der Waals surface area contributed by atoms with Crippen LogP contribution in [0.2, 0.25) is 0 Å². The van der Waals surface area contributed by atoms with Gasteiger partial charge in [0.2, 0.25) is 5.91 Å². The van der Waals surface area contributed by atoms with Crippen LogP contribution in [0.3, 0.4) is 0 Å². The zero-order valence-electron chi connectivity index (χ0n) is 16.4. The van der Waals surface area contributed by atoms with Gasteiger partial charge in [-0.2, -0.15) is 5.10 Å². The predicted molar refractivity (Wildman–Crippen MR) is 121 cm³/mol. The van der Waals surface area contributed by atoms with Gasteiger partial charge in [0, 0.05) is 40.5 Å². The van der Waals surface area contributed by atoms with Crippen LogP contribution < -0.4 is 10.7 Å². The molecule has 3 aromatic carbocycles. The third-order valence-electron chi connectivity index (χ3n) is 4.67. The number of rotatable bonds is 7. The molecule has 4 aromatic rings. The largest absolute Gasteiger partial charge is 0.337 e. The number of nitrogens with zero attached hydrogens (tertiary/aromatic N) is 3. The maximum atomic E-state index is 12.5. The Balaban J connectivity index is 1.50. The third kappa shape index (κ3) is 4.76.